The Morgan fingerprint density at radius 1 is 1.35 bits per heavy atom. The maximum atomic E-state index is 13.4. The van der Waals surface area contributed by atoms with Crippen LogP contribution in [0.2, 0.25) is 0 Å². The van der Waals surface area contributed by atoms with E-state index in [9.17, 15) is 9.59 Å². The summed E-state index contributed by atoms with van der Waals surface area (Å²) in [7, 11) is 0. The number of nitrogens with one attached hydrogen (secondary N) is 3. The molecule has 3 N–H and O–H groups in total. The van der Waals surface area contributed by atoms with E-state index in [0.717, 1.165) is 42.6 Å². The van der Waals surface area contributed by atoms with Gasteiger partial charge in [0, 0.05) is 29.5 Å². The number of terminal acetylenes is 1. The van der Waals surface area contributed by atoms with Gasteiger partial charge in [0.15, 0.2) is 5.96 Å². The lowest BCUT2D eigenvalue weighted by Gasteiger charge is -2.45. The first-order valence-electron chi connectivity index (χ1n) is 13.5. The number of rotatable bonds is 9. The van der Waals surface area contributed by atoms with Crippen molar-refractivity contribution in [3.8, 4) is 18.1 Å². The lowest BCUT2D eigenvalue weighted by atomic mass is 9.84. The number of unbranched alkanes of at least 4 members (excludes halogenated alkanes) is 1. The number of fused-ring (bicyclic) bond motifs is 1. The number of hydrogen-bond acceptors (Lipinski definition) is 4. The molecule has 7 nitrogen and oxygen atoms in total. The number of para-hydroxylation sites is 1. The first-order chi connectivity index (χ1) is 17.9. The van der Waals surface area contributed by atoms with Crippen LogP contribution in [0.1, 0.15) is 83.2 Å². The van der Waals surface area contributed by atoms with E-state index in [-0.39, 0.29) is 35.4 Å². The number of carbonyl (C=O) groups excluding carboxylic acids is 2. The van der Waals surface area contributed by atoms with Gasteiger partial charge in [-0.1, -0.05) is 38.1 Å². The van der Waals surface area contributed by atoms with Gasteiger partial charge < -0.3 is 15.4 Å². The number of carbonyl (C=O) groups is 2. The van der Waals surface area contributed by atoms with Crippen molar-refractivity contribution in [3.05, 3.63) is 53.1 Å². The SMILES string of the molecule is C#CCCCC(C1=CC(C(=O)N[C@H]2CCOc3ccccc32)=CCC1)N1C(=N)NC(CC)(CC)CC1=O. The summed E-state index contributed by atoms with van der Waals surface area (Å²) < 4.78 is 5.74. The third-order valence-electron chi connectivity index (χ3n) is 7.94. The highest BCUT2D eigenvalue weighted by Crippen LogP contribution is 2.34. The number of hydrogen-bond donors (Lipinski definition) is 3. The van der Waals surface area contributed by atoms with Crippen LogP contribution in [0.3, 0.4) is 0 Å². The monoisotopic (exact) mass is 502 g/mol. The molecule has 2 aliphatic heterocycles. The summed E-state index contributed by atoms with van der Waals surface area (Å²) in [5.41, 5.74) is 2.22. The molecule has 1 fully saturated rings. The molecule has 1 unspecified atom stereocenters. The van der Waals surface area contributed by atoms with Crippen LogP contribution < -0.4 is 15.4 Å². The molecule has 2 heterocycles. The van der Waals surface area contributed by atoms with Crippen molar-refractivity contribution >= 4 is 17.8 Å². The molecule has 7 heteroatoms. The first kappa shape index (κ1) is 26.5. The zero-order chi connectivity index (χ0) is 26.4. The predicted molar refractivity (Wildman–Crippen MR) is 145 cm³/mol. The van der Waals surface area contributed by atoms with Crippen LogP contribution in [0.15, 0.2) is 47.6 Å². The van der Waals surface area contributed by atoms with Crippen molar-refractivity contribution in [2.75, 3.05) is 6.61 Å². The predicted octanol–water partition coefficient (Wildman–Crippen LogP) is 4.76. The first-order valence-corrected chi connectivity index (χ1v) is 13.5. The number of amides is 2. The number of nitrogens with zero attached hydrogens (tertiary/aromatic N) is 1. The highest BCUT2D eigenvalue weighted by molar-refractivity contribution is 6.00. The van der Waals surface area contributed by atoms with Gasteiger partial charge in [0.2, 0.25) is 5.91 Å². The number of benzene rings is 1. The number of ether oxygens (including phenoxy) is 1. The molecule has 1 aromatic rings. The van der Waals surface area contributed by atoms with Crippen LogP contribution >= 0.6 is 0 Å². The van der Waals surface area contributed by atoms with E-state index in [4.69, 9.17) is 16.6 Å². The van der Waals surface area contributed by atoms with Gasteiger partial charge in [-0.25, -0.2) is 0 Å². The smallest absolute Gasteiger partial charge is 0.251 e. The van der Waals surface area contributed by atoms with Gasteiger partial charge in [-0.3, -0.25) is 19.9 Å². The zero-order valence-electron chi connectivity index (χ0n) is 21.9. The molecule has 196 valence electrons. The second-order valence-corrected chi connectivity index (χ2v) is 10.1. The van der Waals surface area contributed by atoms with Crippen molar-refractivity contribution in [2.24, 2.45) is 0 Å². The highest BCUT2D eigenvalue weighted by atomic mass is 16.5. The molecule has 37 heavy (non-hydrogen) atoms. The Hall–Kier alpha value is -3.53. The second kappa shape index (κ2) is 11.7. The van der Waals surface area contributed by atoms with Crippen molar-refractivity contribution in [2.45, 2.75) is 89.3 Å². The maximum Gasteiger partial charge on any atom is 0.251 e. The summed E-state index contributed by atoms with van der Waals surface area (Å²) >= 11 is 0. The molecule has 3 aliphatic rings. The zero-order valence-corrected chi connectivity index (χ0v) is 21.9. The van der Waals surface area contributed by atoms with Crippen molar-refractivity contribution in [1.29, 1.82) is 5.41 Å². The topological polar surface area (TPSA) is 94.5 Å². The number of guanidine groups is 1. The van der Waals surface area contributed by atoms with Crippen LogP contribution in [-0.2, 0) is 9.59 Å². The molecule has 2 amide bonds. The molecular weight excluding hydrogens is 464 g/mol. The van der Waals surface area contributed by atoms with Crippen LogP contribution in [-0.4, -0.2) is 40.9 Å². The fourth-order valence-electron chi connectivity index (χ4n) is 5.62. The lowest BCUT2D eigenvalue weighted by molar-refractivity contribution is -0.132. The quantitative estimate of drug-likeness (QED) is 0.335. The van der Waals surface area contributed by atoms with Crippen LogP contribution in [0.5, 0.6) is 5.75 Å². The summed E-state index contributed by atoms with van der Waals surface area (Å²) in [6.45, 7) is 4.66. The Morgan fingerprint density at radius 3 is 2.86 bits per heavy atom. The molecule has 2 atom stereocenters. The second-order valence-electron chi connectivity index (χ2n) is 10.1. The van der Waals surface area contributed by atoms with Gasteiger partial charge in [-0.2, -0.15) is 0 Å². The summed E-state index contributed by atoms with van der Waals surface area (Å²) in [4.78, 5) is 28.4. The molecule has 1 aliphatic carbocycles. The van der Waals surface area contributed by atoms with Crippen LogP contribution in [0.25, 0.3) is 0 Å². The van der Waals surface area contributed by atoms with E-state index in [0.29, 0.717) is 44.3 Å². The maximum absolute atomic E-state index is 13.4. The molecular formula is C30H38N4O3. The van der Waals surface area contributed by atoms with E-state index in [1.807, 2.05) is 50.3 Å². The van der Waals surface area contributed by atoms with Crippen molar-refractivity contribution < 1.29 is 14.3 Å². The van der Waals surface area contributed by atoms with Crippen molar-refractivity contribution in [1.82, 2.24) is 15.5 Å². The lowest BCUT2D eigenvalue weighted by Crippen LogP contribution is -2.64. The third kappa shape index (κ3) is 5.74. The Kier molecular flexibility index (Phi) is 8.38. The van der Waals surface area contributed by atoms with Gasteiger partial charge in [0.05, 0.1) is 25.1 Å². The Labute approximate surface area is 220 Å². The van der Waals surface area contributed by atoms with E-state index < -0.39 is 0 Å². The number of allylic oxidation sites excluding steroid dienone is 1. The van der Waals surface area contributed by atoms with Crippen LogP contribution in [0.4, 0.5) is 0 Å². The Morgan fingerprint density at radius 2 is 2.14 bits per heavy atom. The van der Waals surface area contributed by atoms with Crippen LogP contribution in [0, 0.1) is 17.8 Å². The van der Waals surface area contributed by atoms with Gasteiger partial charge >= 0.3 is 0 Å². The van der Waals surface area contributed by atoms with Crippen molar-refractivity contribution in [3.63, 3.8) is 0 Å². The third-order valence-corrected chi connectivity index (χ3v) is 7.94. The largest absolute Gasteiger partial charge is 0.493 e. The molecule has 1 aromatic carbocycles. The standard InChI is InChI=1S/C30H38N4O3/c1-4-7-8-15-25(34-27(35)20-30(5-2,6-3)33-29(34)31)21-12-11-13-22(19-21)28(36)32-24-17-18-37-26-16-10-9-14-23(24)26/h1,9-10,13-14,16,19,24-25H,5-8,11-12,15,17-18,20H2,2-3H3,(H2,31,33)(H,32,36)/t24-,25?/m0/s1. The Balaban J connectivity index is 1.55. The van der Waals surface area contributed by atoms with E-state index in [2.05, 4.69) is 16.6 Å². The molecule has 0 radical (unpaired) electrons. The fraction of sp³-hybridized carbons (Fsp3) is 0.500. The summed E-state index contributed by atoms with van der Waals surface area (Å²) in [5, 5.41) is 15.3. The molecule has 1 saturated heterocycles. The van der Waals surface area contributed by atoms with E-state index in [1.165, 1.54) is 0 Å². The minimum absolute atomic E-state index is 0.0431. The summed E-state index contributed by atoms with van der Waals surface area (Å²) in [5.74, 6) is 3.47. The normalized spacial score (nSPS) is 21.4. The summed E-state index contributed by atoms with van der Waals surface area (Å²) in [6, 6.07) is 7.40. The minimum atomic E-state index is -0.375. The van der Waals surface area contributed by atoms with Gasteiger partial charge in [0.1, 0.15) is 5.75 Å². The molecule has 0 spiro atoms. The van der Waals surface area contributed by atoms with Gasteiger partial charge in [-0.15, -0.1) is 12.3 Å². The average molecular weight is 503 g/mol. The van der Waals surface area contributed by atoms with Gasteiger partial charge in [0.25, 0.3) is 5.91 Å². The molecule has 4 rings (SSSR count). The molecule has 0 bridgehead atoms. The molecule has 0 saturated carbocycles. The summed E-state index contributed by atoms with van der Waals surface area (Å²) in [6.07, 6.45) is 15.5. The van der Waals surface area contributed by atoms with Gasteiger partial charge in [-0.05, 0) is 56.2 Å². The van der Waals surface area contributed by atoms with E-state index in [1.54, 1.807) is 4.90 Å². The fourth-order valence-corrected chi connectivity index (χ4v) is 5.62. The average Bonchev–Trinajstić information content (AvgIpc) is 2.92. The minimum Gasteiger partial charge on any atom is -0.493 e. The van der Waals surface area contributed by atoms with E-state index >= 15 is 0 Å². The Bertz CT molecular complexity index is 1120. The highest BCUT2D eigenvalue weighted by Gasteiger charge is 2.42. The molecule has 0 aromatic heterocycles.